The van der Waals surface area contributed by atoms with Crippen LogP contribution in [0, 0.1) is 0 Å². The predicted molar refractivity (Wildman–Crippen MR) is 125 cm³/mol. The number of amides is 2. The van der Waals surface area contributed by atoms with Gasteiger partial charge in [-0.15, -0.1) is 0 Å². The van der Waals surface area contributed by atoms with Gasteiger partial charge in [-0.1, -0.05) is 18.2 Å². The van der Waals surface area contributed by atoms with Crippen molar-refractivity contribution < 1.29 is 28.2 Å². The number of carbonyl (C=O) groups is 2. The molecule has 0 saturated heterocycles. The normalized spacial score (nSPS) is 10.5. The lowest BCUT2D eigenvalue weighted by molar-refractivity contribution is 0.0999. The van der Waals surface area contributed by atoms with E-state index in [1.807, 2.05) is 0 Å². The number of rotatable bonds is 7. The zero-order chi connectivity index (χ0) is 23.4. The summed E-state index contributed by atoms with van der Waals surface area (Å²) in [7, 11) is 4.53. The molecular weight excluding hydrogens is 424 g/mol. The number of nitrogens with one attached hydrogen (secondary N) is 2. The number of benzene rings is 3. The molecule has 4 rings (SSSR count). The molecule has 3 aromatic carbocycles. The van der Waals surface area contributed by atoms with Gasteiger partial charge < -0.3 is 29.3 Å². The maximum Gasteiger partial charge on any atom is 0.293 e. The third kappa shape index (κ3) is 4.45. The van der Waals surface area contributed by atoms with E-state index in [1.54, 1.807) is 73.8 Å². The molecule has 0 saturated carbocycles. The zero-order valence-corrected chi connectivity index (χ0v) is 18.3. The molecule has 2 amide bonds. The summed E-state index contributed by atoms with van der Waals surface area (Å²) < 4.78 is 21.5. The maximum atomic E-state index is 13.1. The zero-order valence-electron chi connectivity index (χ0n) is 18.3. The van der Waals surface area contributed by atoms with Gasteiger partial charge in [-0.3, -0.25) is 9.59 Å². The van der Waals surface area contributed by atoms with Crippen molar-refractivity contribution in [2.45, 2.75) is 0 Å². The van der Waals surface area contributed by atoms with Gasteiger partial charge in [-0.25, -0.2) is 0 Å². The lowest BCUT2D eigenvalue weighted by Crippen LogP contribution is -2.17. The van der Waals surface area contributed by atoms with Crippen molar-refractivity contribution in [1.82, 2.24) is 0 Å². The molecule has 8 nitrogen and oxygen atoms in total. The number of fused-ring (bicyclic) bond motifs is 1. The lowest BCUT2D eigenvalue weighted by atomic mass is 10.1. The van der Waals surface area contributed by atoms with Crippen LogP contribution in [0.3, 0.4) is 0 Å². The van der Waals surface area contributed by atoms with E-state index in [4.69, 9.17) is 18.6 Å². The number of ether oxygens (including phenoxy) is 3. The standard InChI is InChI=1S/C25H22N2O6/c1-30-16-8-6-7-15(13-16)26-25(29)23-22(18-9-4-5-10-20(18)33-23)27-24(28)19-12-11-17(31-2)14-21(19)32-3/h4-14H,1-3H3,(H,26,29)(H,27,28). The van der Waals surface area contributed by atoms with Crippen LogP contribution in [0.5, 0.6) is 17.2 Å². The van der Waals surface area contributed by atoms with Crippen molar-refractivity contribution in [2.24, 2.45) is 0 Å². The van der Waals surface area contributed by atoms with Crippen LogP contribution in [0.4, 0.5) is 11.4 Å². The van der Waals surface area contributed by atoms with Crippen molar-refractivity contribution in [1.29, 1.82) is 0 Å². The summed E-state index contributed by atoms with van der Waals surface area (Å²) in [5.74, 6) is 0.475. The fraction of sp³-hybridized carbons (Fsp3) is 0.120. The molecule has 0 aliphatic carbocycles. The van der Waals surface area contributed by atoms with Gasteiger partial charge in [0.25, 0.3) is 11.8 Å². The summed E-state index contributed by atoms with van der Waals surface area (Å²) in [5, 5.41) is 6.18. The quantitative estimate of drug-likeness (QED) is 0.416. The van der Waals surface area contributed by atoms with E-state index < -0.39 is 11.8 Å². The summed E-state index contributed by atoms with van der Waals surface area (Å²) >= 11 is 0. The highest BCUT2D eigenvalue weighted by Gasteiger charge is 2.24. The molecule has 1 aromatic heterocycles. The van der Waals surface area contributed by atoms with E-state index in [1.165, 1.54) is 14.2 Å². The summed E-state index contributed by atoms with van der Waals surface area (Å²) in [6, 6.07) is 18.9. The predicted octanol–water partition coefficient (Wildman–Crippen LogP) is 4.96. The topological polar surface area (TPSA) is 99.0 Å². The van der Waals surface area contributed by atoms with Crippen LogP contribution in [0.1, 0.15) is 20.9 Å². The summed E-state index contributed by atoms with van der Waals surface area (Å²) in [6.07, 6.45) is 0. The number of methoxy groups -OCH3 is 3. The number of anilines is 2. The maximum absolute atomic E-state index is 13.1. The fourth-order valence-electron chi connectivity index (χ4n) is 3.39. The van der Waals surface area contributed by atoms with Gasteiger partial charge in [0.05, 0.1) is 26.9 Å². The Morgan fingerprint density at radius 3 is 2.27 bits per heavy atom. The van der Waals surface area contributed by atoms with Gasteiger partial charge in [0, 0.05) is 23.2 Å². The van der Waals surface area contributed by atoms with Crippen molar-refractivity contribution in [3.8, 4) is 17.2 Å². The number of furan rings is 1. The monoisotopic (exact) mass is 446 g/mol. The first-order chi connectivity index (χ1) is 16.0. The largest absolute Gasteiger partial charge is 0.497 e. The van der Waals surface area contributed by atoms with Crippen molar-refractivity contribution in [3.63, 3.8) is 0 Å². The molecular formula is C25H22N2O6. The first-order valence-electron chi connectivity index (χ1n) is 10.0. The average molecular weight is 446 g/mol. The smallest absolute Gasteiger partial charge is 0.293 e. The minimum Gasteiger partial charge on any atom is -0.497 e. The van der Waals surface area contributed by atoms with E-state index in [9.17, 15) is 9.59 Å². The number of hydrogen-bond donors (Lipinski definition) is 2. The van der Waals surface area contributed by atoms with Gasteiger partial charge in [-0.2, -0.15) is 0 Å². The molecule has 0 atom stereocenters. The van der Waals surface area contributed by atoms with Crippen molar-refractivity contribution in [3.05, 3.63) is 78.1 Å². The molecule has 8 heteroatoms. The molecule has 0 spiro atoms. The average Bonchev–Trinajstić information content (AvgIpc) is 3.22. The second kappa shape index (κ2) is 9.35. The van der Waals surface area contributed by atoms with Gasteiger partial charge in [0.1, 0.15) is 28.5 Å². The second-order valence-corrected chi connectivity index (χ2v) is 7.01. The van der Waals surface area contributed by atoms with Crippen LogP contribution >= 0.6 is 0 Å². The molecule has 0 bridgehead atoms. The third-order valence-corrected chi connectivity index (χ3v) is 5.02. The molecule has 2 N–H and O–H groups in total. The molecule has 168 valence electrons. The molecule has 0 aliphatic rings. The summed E-state index contributed by atoms with van der Waals surface area (Å²) in [5.41, 5.74) is 1.52. The Labute approximate surface area is 190 Å². The molecule has 0 fully saturated rings. The van der Waals surface area contributed by atoms with E-state index >= 15 is 0 Å². The van der Waals surface area contributed by atoms with Gasteiger partial charge in [-0.05, 0) is 36.4 Å². The Balaban J connectivity index is 1.69. The summed E-state index contributed by atoms with van der Waals surface area (Å²) in [4.78, 5) is 26.2. The SMILES string of the molecule is COc1cccc(NC(=O)c2oc3ccccc3c2NC(=O)c2ccc(OC)cc2OC)c1. The Hall–Kier alpha value is -4.46. The Kier molecular flexibility index (Phi) is 6.17. The van der Waals surface area contributed by atoms with Crippen molar-refractivity contribution in [2.75, 3.05) is 32.0 Å². The highest BCUT2D eigenvalue weighted by atomic mass is 16.5. The molecule has 1 heterocycles. The number of hydrogen-bond acceptors (Lipinski definition) is 6. The Morgan fingerprint density at radius 1 is 0.758 bits per heavy atom. The first kappa shape index (κ1) is 21.8. The van der Waals surface area contributed by atoms with Crippen LogP contribution in [-0.4, -0.2) is 33.1 Å². The molecule has 0 aliphatic heterocycles. The summed E-state index contributed by atoms with van der Waals surface area (Å²) in [6.45, 7) is 0. The van der Waals surface area contributed by atoms with E-state index in [0.717, 1.165) is 0 Å². The number of para-hydroxylation sites is 1. The molecule has 0 radical (unpaired) electrons. The minimum absolute atomic E-state index is 0.0279. The lowest BCUT2D eigenvalue weighted by Gasteiger charge is -2.11. The highest BCUT2D eigenvalue weighted by molar-refractivity contribution is 6.17. The Bertz CT molecular complexity index is 1330. The molecule has 33 heavy (non-hydrogen) atoms. The molecule has 4 aromatic rings. The third-order valence-electron chi connectivity index (χ3n) is 5.02. The van der Waals surface area contributed by atoms with Crippen LogP contribution in [0.15, 0.2) is 71.1 Å². The first-order valence-corrected chi connectivity index (χ1v) is 10.0. The second-order valence-electron chi connectivity index (χ2n) is 7.01. The van der Waals surface area contributed by atoms with Crippen molar-refractivity contribution >= 4 is 34.2 Å². The van der Waals surface area contributed by atoms with Crippen LogP contribution in [0.2, 0.25) is 0 Å². The van der Waals surface area contributed by atoms with E-state index in [0.29, 0.717) is 33.9 Å². The number of carbonyl (C=O) groups excluding carboxylic acids is 2. The molecule has 0 unspecified atom stereocenters. The van der Waals surface area contributed by atoms with E-state index in [-0.39, 0.29) is 17.0 Å². The highest BCUT2D eigenvalue weighted by Crippen LogP contribution is 2.33. The van der Waals surface area contributed by atoms with Crippen LogP contribution in [0.25, 0.3) is 11.0 Å². The van der Waals surface area contributed by atoms with Crippen LogP contribution in [-0.2, 0) is 0 Å². The fourth-order valence-corrected chi connectivity index (χ4v) is 3.39. The van der Waals surface area contributed by atoms with E-state index in [2.05, 4.69) is 10.6 Å². The van der Waals surface area contributed by atoms with Gasteiger partial charge in [0.2, 0.25) is 5.76 Å². The van der Waals surface area contributed by atoms with Crippen LogP contribution < -0.4 is 24.8 Å². The van der Waals surface area contributed by atoms with Gasteiger partial charge in [0.15, 0.2) is 0 Å². The Morgan fingerprint density at radius 2 is 1.52 bits per heavy atom. The van der Waals surface area contributed by atoms with Gasteiger partial charge >= 0.3 is 0 Å². The minimum atomic E-state index is -0.517.